The van der Waals surface area contributed by atoms with Crippen LogP contribution in [0.15, 0.2) is 27.8 Å². The molecule has 1 aromatic rings. The van der Waals surface area contributed by atoms with E-state index in [1.165, 1.54) is 0 Å². The van der Waals surface area contributed by atoms with Gasteiger partial charge in [0, 0.05) is 10.7 Å². The van der Waals surface area contributed by atoms with Crippen molar-refractivity contribution in [1.29, 1.82) is 0 Å². The summed E-state index contributed by atoms with van der Waals surface area (Å²) in [5, 5.41) is 0.380. The van der Waals surface area contributed by atoms with Gasteiger partial charge < -0.3 is 0 Å². The summed E-state index contributed by atoms with van der Waals surface area (Å²) in [6.07, 6.45) is 1.55. The highest BCUT2D eigenvalue weighted by Gasteiger charge is 1.98. The van der Waals surface area contributed by atoms with E-state index in [4.69, 9.17) is 10.7 Å². The van der Waals surface area contributed by atoms with E-state index >= 15 is 0 Å². The highest BCUT2D eigenvalue weighted by molar-refractivity contribution is 9.10. The second-order valence-corrected chi connectivity index (χ2v) is 4.16. The Balaban J connectivity index is 3.00. The van der Waals surface area contributed by atoms with Gasteiger partial charge in [-0.1, -0.05) is 0 Å². The predicted molar refractivity (Wildman–Crippen MR) is 44.2 cm³/mol. The minimum Gasteiger partial charge on any atom is -0.245 e. The van der Waals surface area contributed by atoms with Crippen LogP contribution in [0.1, 0.15) is 0 Å². The van der Waals surface area contributed by atoms with Crippen LogP contribution in [0.25, 0.3) is 0 Å². The Morgan fingerprint density at radius 3 is 2.70 bits per heavy atom. The summed E-state index contributed by atoms with van der Waals surface area (Å²) in [7, 11) is 3.75. The smallest absolute Gasteiger partial charge is 0.166 e. The third-order valence-electron chi connectivity index (χ3n) is 0.865. The van der Waals surface area contributed by atoms with Crippen molar-refractivity contribution in [3.05, 3.63) is 22.8 Å². The van der Waals surface area contributed by atoms with E-state index in [0.29, 0.717) is 5.03 Å². The molecule has 54 valence electrons. The normalized spacial score (nSPS) is 13.0. The van der Waals surface area contributed by atoms with Crippen LogP contribution in [0.3, 0.4) is 0 Å². The first-order chi connectivity index (χ1) is 4.70. The summed E-state index contributed by atoms with van der Waals surface area (Å²) < 4.78 is 11.4. The predicted octanol–water partition coefficient (Wildman–Crippen LogP) is 2.11. The van der Waals surface area contributed by atoms with E-state index in [1.54, 1.807) is 18.3 Å². The van der Waals surface area contributed by atoms with Gasteiger partial charge in [-0.25, -0.2) is 9.19 Å². The van der Waals surface area contributed by atoms with Crippen LogP contribution in [-0.4, -0.2) is 9.19 Å². The van der Waals surface area contributed by atoms with Crippen molar-refractivity contribution in [1.82, 2.24) is 4.98 Å². The second-order valence-electron chi connectivity index (χ2n) is 1.54. The van der Waals surface area contributed by atoms with Crippen LogP contribution < -0.4 is 0 Å². The molecule has 0 spiro atoms. The number of hydrogen-bond donors (Lipinski definition) is 0. The summed E-state index contributed by atoms with van der Waals surface area (Å²) in [5.74, 6) is 0. The molecule has 1 aromatic heterocycles. The van der Waals surface area contributed by atoms with Gasteiger partial charge in [-0.3, -0.25) is 0 Å². The van der Waals surface area contributed by atoms with Gasteiger partial charge in [0.25, 0.3) is 0 Å². The Bertz CT molecular complexity index is 250. The quantitative estimate of drug-likeness (QED) is 0.704. The lowest BCUT2D eigenvalue weighted by molar-refractivity contribution is 0.688. The molecule has 10 heavy (non-hydrogen) atoms. The molecular weight excluding hydrogens is 237 g/mol. The molecule has 0 amide bonds. The third-order valence-corrected chi connectivity index (χ3v) is 2.38. The molecule has 1 unspecified atom stereocenters. The molecule has 0 N–H and O–H groups in total. The third kappa shape index (κ3) is 2.04. The molecule has 5 heteroatoms. The van der Waals surface area contributed by atoms with E-state index in [9.17, 15) is 4.21 Å². The van der Waals surface area contributed by atoms with Crippen molar-refractivity contribution in [3.63, 3.8) is 0 Å². The molecule has 1 heterocycles. The summed E-state index contributed by atoms with van der Waals surface area (Å²) in [6.45, 7) is 0. The lowest BCUT2D eigenvalue weighted by atomic mass is 10.5. The first kappa shape index (κ1) is 8.17. The van der Waals surface area contributed by atoms with Crippen molar-refractivity contribution in [2.75, 3.05) is 0 Å². The minimum absolute atomic E-state index is 0.380. The van der Waals surface area contributed by atoms with Gasteiger partial charge in [0.2, 0.25) is 0 Å². The molecule has 0 aliphatic heterocycles. The maximum atomic E-state index is 10.6. The Hall–Kier alpha value is 0.0700. The molecule has 1 atom stereocenters. The van der Waals surface area contributed by atoms with Crippen LogP contribution in [0.4, 0.5) is 0 Å². The zero-order valence-corrected chi connectivity index (χ0v) is 7.91. The van der Waals surface area contributed by atoms with Crippen molar-refractivity contribution in [2.24, 2.45) is 0 Å². The topological polar surface area (TPSA) is 30.0 Å². The molecule has 0 aliphatic carbocycles. The standard InChI is InChI=1S/C5H3BrClNOS/c6-4-1-2-5(8-3-4)10(7)9/h1-3H. The van der Waals surface area contributed by atoms with Gasteiger partial charge in [0.1, 0.15) is 5.03 Å². The first-order valence-electron chi connectivity index (χ1n) is 2.40. The van der Waals surface area contributed by atoms with E-state index < -0.39 is 10.0 Å². The fourth-order valence-corrected chi connectivity index (χ4v) is 1.28. The van der Waals surface area contributed by atoms with Gasteiger partial charge in [-0.05, 0) is 38.7 Å². The molecular formula is C5H3BrClNOS. The number of nitrogens with zero attached hydrogens (tertiary/aromatic N) is 1. The molecule has 0 bridgehead atoms. The number of aromatic nitrogens is 1. The largest absolute Gasteiger partial charge is 0.245 e. The Kier molecular flexibility index (Phi) is 2.82. The lowest BCUT2D eigenvalue weighted by Gasteiger charge is -1.91. The fourth-order valence-electron chi connectivity index (χ4n) is 0.457. The SMILES string of the molecule is O=S(Cl)c1ccc(Br)cn1. The minimum atomic E-state index is -1.50. The van der Waals surface area contributed by atoms with E-state index in [1.807, 2.05) is 0 Å². The first-order valence-corrected chi connectivity index (χ1v) is 5.16. The van der Waals surface area contributed by atoms with Gasteiger partial charge in [0.05, 0.1) is 0 Å². The highest BCUT2D eigenvalue weighted by Crippen LogP contribution is 2.11. The summed E-state index contributed by atoms with van der Waals surface area (Å²) in [6, 6.07) is 3.34. The second kappa shape index (κ2) is 3.46. The Labute approximate surface area is 73.7 Å². The van der Waals surface area contributed by atoms with E-state index in [-0.39, 0.29) is 0 Å². The van der Waals surface area contributed by atoms with Crippen LogP contribution >= 0.6 is 26.6 Å². The van der Waals surface area contributed by atoms with Gasteiger partial charge >= 0.3 is 0 Å². The molecule has 0 saturated heterocycles. The summed E-state index contributed by atoms with van der Waals surface area (Å²) >= 11 is 3.19. The summed E-state index contributed by atoms with van der Waals surface area (Å²) in [5.41, 5.74) is 0. The van der Waals surface area contributed by atoms with Gasteiger partial charge in [0.15, 0.2) is 10.0 Å². The lowest BCUT2D eigenvalue weighted by Crippen LogP contribution is -1.84. The van der Waals surface area contributed by atoms with Crippen LogP contribution in [0, 0.1) is 0 Å². The van der Waals surface area contributed by atoms with Crippen molar-refractivity contribution in [2.45, 2.75) is 5.03 Å². The van der Waals surface area contributed by atoms with Crippen LogP contribution in [-0.2, 0) is 10.0 Å². The molecule has 0 saturated carbocycles. The molecule has 0 aliphatic rings. The molecule has 1 rings (SSSR count). The zero-order chi connectivity index (χ0) is 7.56. The molecule has 2 nitrogen and oxygen atoms in total. The van der Waals surface area contributed by atoms with Gasteiger partial charge in [-0.15, -0.1) is 0 Å². The Morgan fingerprint density at radius 2 is 2.30 bits per heavy atom. The van der Waals surface area contributed by atoms with Gasteiger partial charge in [-0.2, -0.15) is 0 Å². The van der Waals surface area contributed by atoms with E-state index in [0.717, 1.165) is 4.47 Å². The maximum Gasteiger partial charge on any atom is 0.166 e. The molecule has 0 aromatic carbocycles. The summed E-state index contributed by atoms with van der Waals surface area (Å²) in [4.78, 5) is 3.80. The van der Waals surface area contributed by atoms with Crippen LogP contribution in [0.2, 0.25) is 0 Å². The van der Waals surface area contributed by atoms with E-state index in [2.05, 4.69) is 20.9 Å². The van der Waals surface area contributed by atoms with Crippen molar-refractivity contribution < 1.29 is 4.21 Å². The maximum absolute atomic E-state index is 10.6. The Morgan fingerprint density at radius 1 is 1.60 bits per heavy atom. The zero-order valence-electron chi connectivity index (χ0n) is 4.75. The highest BCUT2D eigenvalue weighted by atomic mass is 79.9. The number of halogens is 2. The fraction of sp³-hybridized carbons (Fsp3) is 0. The molecule has 0 radical (unpaired) electrons. The number of pyridine rings is 1. The van der Waals surface area contributed by atoms with Crippen LogP contribution in [0.5, 0.6) is 0 Å². The average molecular weight is 241 g/mol. The molecule has 0 fully saturated rings. The number of hydrogen-bond acceptors (Lipinski definition) is 2. The average Bonchev–Trinajstić information content (AvgIpc) is 1.88. The number of rotatable bonds is 1. The monoisotopic (exact) mass is 239 g/mol. The van der Waals surface area contributed by atoms with Crippen molar-refractivity contribution in [3.8, 4) is 0 Å². The van der Waals surface area contributed by atoms with Crippen molar-refractivity contribution >= 4 is 36.6 Å².